The predicted molar refractivity (Wildman–Crippen MR) is 95.0 cm³/mol. The highest BCUT2D eigenvalue weighted by molar-refractivity contribution is 6.30. The zero-order valence-electron chi connectivity index (χ0n) is 14.2. The number of piperidine rings is 1. The molecule has 0 saturated carbocycles. The van der Waals surface area contributed by atoms with Crippen LogP contribution in [0.25, 0.3) is 0 Å². The maximum atomic E-state index is 11.6. The lowest BCUT2D eigenvalue weighted by Gasteiger charge is -2.42. The Kier molecular flexibility index (Phi) is 6.90. The molecule has 1 aromatic rings. The summed E-state index contributed by atoms with van der Waals surface area (Å²) < 4.78 is 5.10. The third kappa shape index (κ3) is 4.62. The molecule has 6 heteroatoms. The lowest BCUT2D eigenvalue weighted by molar-refractivity contribution is -0.0559. The highest BCUT2D eigenvalue weighted by Gasteiger charge is 2.40. The summed E-state index contributed by atoms with van der Waals surface area (Å²) in [5.74, 6) is -0.0558. The highest BCUT2D eigenvalue weighted by atomic mass is 35.5. The molecule has 134 valence electrons. The Hall–Kier alpha value is -1.30. The number of aliphatic hydroxyl groups is 1. The molecule has 5 nitrogen and oxygen atoms in total. The molecule has 3 N–H and O–H groups in total. The molecule has 0 bridgehead atoms. The number of methoxy groups -OCH3 is 1. The van der Waals surface area contributed by atoms with E-state index in [2.05, 4.69) is 0 Å². The SMILES string of the molecule is COCCCC[C@@](O)(c1cccc(Cl)c1)[C@@H]1CCCN(C(N)=O)C1. The molecule has 0 spiro atoms. The molecule has 1 fully saturated rings. The van der Waals surface area contributed by atoms with Crippen molar-refractivity contribution in [2.45, 2.75) is 37.7 Å². The van der Waals surface area contributed by atoms with Crippen molar-refractivity contribution in [1.82, 2.24) is 4.90 Å². The average Bonchev–Trinajstić information content (AvgIpc) is 2.58. The first-order chi connectivity index (χ1) is 11.5. The number of primary amides is 1. The van der Waals surface area contributed by atoms with Crippen LogP contribution in [0, 0.1) is 5.92 Å². The highest BCUT2D eigenvalue weighted by Crippen LogP contribution is 2.40. The number of ether oxygens (including phenoxy) is 1. The molecule has 1 heterocycles. The molecule has 1 aliphatic heterocycles. The van der Waals surface area contributed by atoms with Crippen molar-refractivity contribution in [3.63, 3.8) is 0 Å². The van der Waals surface area contributed by atoms with E-state index in [1.807, 2.05) is 18.2 Å². The Morgan fingerprint density at radius 2 is 2.29 bits per heavy atom. The largest absolute Gasteiger partial charge is 0.385 e. The minimum Gasteiger partial charge on any atom is -0.385 e. The molecule has 24 heavy (non-hydrogen) atoms. The van der Waals surface area contributed by atoms with Gasteiger partial charge in [0, 0.05) is 37.7 Å². The molecule has 1 saturated heterocycles. The molecule has 0 unspecified atom stereocenters. The summed E-state index contributed by atoms with van der Waals surface area (Å²) >= 11 is 6.14. The standard InChI is InChI=1S/C18H27ClN2O3/c1-24-11-3-2-9-18(23,14-6-4-8-16(19)12-14)15-7-5-10-21(13-15)17(20)22/h4,6,8,12,15,23H,2-3,5,7,9-11,13H2,1H3,(H2,20,22)/t15-,18-/m1/s1. The van der Waals surface area contributed by atoms with Crippen molar-refractivity contribution in [2.24, 2.45) is 11.7 Å². The van der Waals surface area contributed by atoms with E-state index in [0.717, 1.165) is 31.2 Å². The molecular weight excluding hydrogens is 328 g/mol. The van der Waals surface area contributed by atoms with Crippen LogP contribution in [0.4, 0.5) is 4.79 Å². The van der Waals surface area contributed by atoms with Crippen LogP contribution in [0.15, 0.2) is 24.3 Å². The van der Waals surface area contributed by atoms with Crippen molar-refractivity contribution >= 4 is 17.6 Å². The van der Waals surface area contributed by atoms with Crippen LogP contribution >= 0.6 is 11.6 Å². The Labute approximate surface area is 148 Å². The maximum Gasteiger partial charge on any atom is 0.314 e. The summed E-state index contributed by atoms with van der Waals surface area (Å²) in [6.45, 7) is 1.80. The van der Waals surface area contributed by atoms with Crippen LogP contribution in [0.2, 0.25) is 5.02 Å². The predicted octanol–water partition coefficient (Wildman–Crippen LogP) is 3.14. The number of nitrogens with two attached hydrogens (primary N) is 1. The summed E-state index contributed by atoms with van der Waals surface area (Å²) in [4.78, 5) is 13.2. The average molecular weight is 355 g/mol. The third-order valence-electron chi connectivity index (χ3n) is 4.89. The number of amides is 2. The fourth-order valence-corrected chi connectivity index (χ4v) is 3.74. The van der Waals surface area contributed by atoms with Crippen LogP contribution in [-0.2, 0) is 10.3 Å². The molecule has 2 atom stereocenters. The van der Waals surface area contributed by atoms with Gasteiger partial charge in [-0.05, 0) is 49.8 Å². The van der Waals surface area contributed by atoms with Crippen LogP contribution in [0.1, 0.15) is 37.7 Å². The molecule has 0 radical (unpaired) electrons. The van der Waals surface area contributed by atoms with E-state index < -0.39 is 11.6 Å². The Morgan fingerprint density at radius 1 is 1.50 bits per heavy atom. The van der Waals surface area contributed by atoms with Gasteiger partial charge in [0.25, 0.3) is 0 Å². The van der Waals surface area contributed by atoms with E-state index >= 15 is 0 Å². The Morgan fingerprint density at radius 3 is 2.96 bits per heavy atom. The first-order valence-corrected chi connectivity index (χ1v) is 8.87. The van der Waals surface area contributed by atoms with Gasteiger partial charge in [0.1, 0.15) is 0 Å². The molecule has 0 aromatic heterocycles. The second-order valence-corrected chi connectivity index (χ2v) is 6.94. The van der Waals surface area contributed by atoms with Gasteiger partial charge in [-0.2, -0.15) is 0 Å². The third-order valence-corrected chi connectivity index (χ3v) is 5.12. The van der Waals surface area contributed by atoms with E-state index in [1.54, 1.807) is 18.1 Å². The van der Waals surface area contributed by atoms with E-state index in [1.165, 1.54) is 0 Å². The van der Waals surface area contributed by atoms with Crippen molar-refractivity contribution in [3.8, 4) is 0 Å². The van der Waals surface area contributed by atoms with Gasteiger partial charge in [0.2, 0.25) is 0 Å². The van der Waals surface area contributed by atoms with Gasteiger partial charge in [-0.25, -0.2) is 4.79 Å². The zero-order chi connectivity index (χ0) is 17.6. The molecule has 0 aliphatic carbocycles. The lowest BCUT2D eigenvalue weighted by Crippen LogP contribution is -2.49. The van der Waals surface area contributed by atoms with Gasteiger partial charge in [-0.3, -0.25) is 0 Å². The first kappa shape index (κ1) is 19.0. The summed E-state index contributed by atoms with van der Waals surface area (Å²) in [5, 5.41) is 12.2. The van der Waals surface area contributed by atoms with Gasteiger partial charge in [0.15, 0.2) is 0 Å². The van der Waals surface area contributed by atoms with E-state index in [0.29, 0.717) is 31.1 Å². The van der Waals surface area contributed by atoms with Crippen molar-refractivity contribution in [3.05, 3.63) is 34.9 Å². The Bertz CT molecular complexity index is 555. The number of hydrogen-bond acceptors (Lipinski definition) is 3. The Balaban J connectivity index is 2.22. The minimum atomic E-state index is -1.02. The number of unbranched alkanes of at least 4 members (excludes halogenated alkanes) is 1. The summed E-state index contributed by atoms with van der Waals surface area (Å²) in [5.41, 5.74) is 5.23. The van der Waals surface area contributed by atoms with Gasteiger partial charge in [-0.1, -0.05) is 23.7 Å². The summed E-state index contributed by atoms with van der Waals surface area (Å²) in [6, 6.07) is 6.96. The maximum absolute atomic E-state index is 11.6. The van der Waals surface area contributed by atoms with Crippen LogP contribution < -0.4 is 5.73 Å². The number of carbonyl (C=O) groups excluding carboxylic acids is 1. The summed E-state index contributed by atoms with van der Waals surface area (Å²) in [6.07, 6.45) is 4.02. The second kappa shape index (κ2) is 8.70. The van der Waals surface area contributed by atoms with Crippen molar-refractivity contribution in [2.75, 3.05) is 26.8 Å². The van der Waals surface area contributed by atoms with Crippen molar-refractivity contribution < 1.29 is 14.6 Å². The van der Waals surface area contributed by atoms with Gasteiger partial charge in [-0.15, -0.1) is 0 Å². The summed E-state index contributed by atoms with van der Waals surface area (Å²) in [7, 11) is 1.68. The second-order valence-electron chi connectivity index (χ2n) is 6.51. The number of likely N-dealkylation sites (tertiary alicyclic amines) is 1. The molecule has 1 aromatic carbocycles. The van der Waals surface area contributed by atoms with Crippen LogP contribution in [0.3, 0.4) is 0 Å². The molecule has 2 rings (SSSR count). The number of carbonyl (C=O) groups is 1. The number of nitrogens with zero attached hydrogens (tertiary/aromatic N) is 1. The van der Waals surface area contributed by atoms with E-state index in [-0.39, 0.29) is 5.92 Å². The smallest absolute Gasteiger partial charge is 0.314 e. The van der Waals surface area contributed by atoms with E-state index in [9.17, 15) is 9.90 Å². The van der Waals surface area contributed by atoms with Crippen LogP contribution in [0.5, 0.6) is 0 Å². The van der Waals surface area contributed by atoms with Gasteiger partial charge >= 0.3 is 6.03 Å². The quantitative estimate of drug-likeness (QED) is 0.738. The van der Waals surface area contributed by atoms with Crippen LogP contribution in [-0.4, -0.2) is 42.8 Å². The molecule has 1 aliphatic rings. The zero-order valence-corrected chi connectivity index (χ0v) is 15.0. The number of hydrogen-bond donors (Lipinski definition) is 2. The number of halogens is 1. The number of rotatable bonds is 7. The fourth-order valence-electron chi connectivity index (χ4n) is 3.55. The molecular formula is C18H27ClN2O3. The normalized spacial score (nSPS) is 20.6. The monoisotopic (exact) mass is 354 g/mol. The van der Waals surface area contributed by atoms with E-state index in [4.69, 9.17) is 22.1 Å². The topological polar surface area (TPSA) is 75.8 Å². The lowest BCUT2D eigenvalue weighted by atomic mass is 9.74. The number of benzene rings is 1. The number of urea groups is 1. The van der Waals surface area contributed by atoms with Crippen molar-refractivity contribution in [1.29, 1.82) is 0 Å². The minimum absolute atomic E-state index is 0.0558. The van der Waals surface area contributed by atoms with Gasteiger partial charge in [0.05, 0.1) is 5.60 Å². The molecule has 2 amide bonds. The van der Waals surface area contributed by atoms with Gasteiger partial charge < -0.3 is 20.5 Å². The fraction of sp³-hybridized carbons (Fsp3) is 0.611. The first-order valence-electron chi connectivity index (χ1n) is 8.49.